The normalized spacial score (nSPS) is 11.9. The van der Waals surface area contributed by atoms with Gasteiger partial charge in [0.25, 0.3) is 0 Å². The first-order valence-electron chi connectivity index (χ1n) is 7.59. The van der Waals surface area contributed by atoms with E-state index in [0.29, 0.717) is 31.0 Å². The Morgan fingerprint density at radius 2 is 1.88 bits per heavy atom. The Kier molecular flexibility index (Phi) is 7.15. The van der Waals surface area contributed by atoms with Crippen molar-refractivity contribution in [3.63, 3.8) is 0 Å². The summed E-state index contributed by atoms with van der Waals surface area (Å²) >= 11 is 5.93. The minimum absolute atomic E-state index is 0.0942. The summed E-state index contributed by atoms with van der Waals surface area (Å²) in [4.78, 5) is 13.8. The van der Waals surface area contributed by atoms with Crippen molar-refractivity contribution in [1.82, 2.24) is 0 Å². The second-order valence-corrected chi connectivity index (χ2v) is 5.89. The molecule has 5 nitrogen and oxygen atoms in total. The fourth-order valence-electron chi connectivity index (χ4n) is 2.00. The number of hydrogen-bond donors (Lipinski definition) is 0. The first kappa shape index (κ1) is 17.9. The zero-order valence-corrected chi connectivity index (χ0v) is 14.1. The Hall–Kier alpha value is -2.49. The molecule has 124 valence electrons. The zero-order valence-electron chi connectivity index (χ0n) is 13.4. The van der Waals surface area contributed by atoms with Gasteiger partial charge in [0.1, 0.15) is 12.4 Å². The third kappa shape index (κ3) is 5.95. The summed E-state index contributed by atoms with van der Waals surface area (Å²) in [5.74, 6) is 0.710. The Balaban J connectivity index is 2.18. The summed E-state index contributed by atoms with van der Waals surface area (Å²) in [7, 11) is 0. The van der Waals surface area contributed by atoms with E-state index in [9.17, 15) is 4.79 Å². The fraction of sp³-hybridized carbons (Fsp3) is 0.278. The molecule has 0 aliphatic carbocycles. The number of isocyanates is 1. The lowest BCUT2D eigenvalue weighted by Crippen LogP contribution is -2.09. The standard InChI is InChI=1S/C18H18ClN3O2/c1-14(19)12-24-18-8-7-17(11-15(18)9-10-20-13-23)22-21-16-5-3-2-4-6-16/h2-8,11,14H,9-10,12H2,1H3/t14-/m0/s1. The van der Waals surface area contributed by atoms with Crippen LogP contribution in [0.2, 0.25) is 0 Å². The van der Waals surface area contributed by atoms with Crippen molar-refractivity contribution in [3.05, 3.63) is 54.1 Å². The lowest BCUT2D eigenvalue weighted by atomic mass is 10.1. The monoisotopic (exact) mass is 343 g/mol. The first-order valence-corrected chi connectivity index (χ1v) is 8.03. The molecule has 0 bridgehead atoms. The molecule has 0 aliphatic rings. The van der Waals surface area contributed by atoms with Crippen LogP contribution in [0, 0.1) is 0 Å². The fourth-order valence-corrected chi connectivity index (χ4v) is 2.06. The molecule has 0 amide bonds. The maximum absolute atomic E-state index is 10.2. The summed E-state index contributed by atoms with van der Waals surface area (Å²) in [5.41, 5.74) is 2.38. The zero-order chi connectivity index (χ0) is 17.2. The SMILES string of the molecule is C[C@H](Cl)COc1ccc(N=Nc2ccccc2)cc1CCN=C=O. The number of aliphatic imine (C=N–C) groups is 1. The summed E-state index contributed by atoms with van der Waals surface area (Å²) in [6.07, 6.45) is 2.09. The Bertz CT molecular complexity index is 726. The Morgan fingerprint density at radius 3 is 2.58 bits per heavy atom. The van der Waals surface area contributed by atoms with Gasteiger partial charge < -0.3 is 4.74 Å². The van der Waals surface area contributed by atoms with E-state index in [2.05, 4.69) is 15.2 Å². The molecule has 1 atom stereocenters. The molecule has 0 radical (unpaired) electrons. The highest BCUT2D eigenvalue weighted by Gasteiger charge is 2.07. The van der Waals surface area contributed by atoms with Gasteiger partial charge in [-0.05, 0) is 49.2 Å². The molecule has 0 heterocycles. The maximum atomic E-state index is 10.2. The van der Waals surface area contributed by atoms with Crippen LogP contribution in [0.5, 0.6) is 5.75 Å². The van der Waals surface area contributed by atoms with Crippen molar-refractivity contribution in [1.29, 1.82) is 0 Å². The number of ether oxygens (including phenoxy) is 1. The van der Waals surface area contributed by atoms with Crippen LogP contribution in [0.1, 0.15) is 12.5 Å². The number of rotatable bonds is 8. The number of halogens is 1. The van der Waals surface area contributed by atoms with Gasteiger partial charge in [-0.25, -0.2) is 9.79 Å². The number of hydrogen-bond acceptors (Lipinski definition) is 5. The van der Waals surface area contributed by atoms with Gasteiger partial charge in [-0.2, -0.15) is 10.2 Å². The van der Waals surface area contributed by atoms with E-state index < -0.39 is 0 Å². The van der Waals surface area contributed by atoms with Crippen molar-refractivity contribution in [2.45, 2.75) is 18.7 Å². The van der Waals surface area contributed by atoms with Crippen LogP contribution in [-0.2, 0) is 11.2 Å². The molecule has 24 heavy (non-hydrogen) atoms. The van der Waals surface area contributed by atoms with Crippen LogP contribution in [0.3, 0.4) is 0 Å². The largest absolute Gasteiger partial charge is 0.492 e. The molecule has 0 saturated carbocycles. The summed E-state index contributed by atoms with van der Waals surface area (Å²) < 4.78 is 5.70. The summed E-state index contributed by atoms with van der Waals surface area (Å²) in [5, 5.41) is 8.34. The lowest BCUT2D eigenvalue weighted by Gasteiger charge is -2.12. The topological polar surface area (TPSA) is 63.4 Å². The number of benzene rings is 2. The van der Waals surface area contributed by atoms with E-state index >= 15 is 0 Å². The van der Waals surface area contributed by atoms with Crippen LogP contribution in [-0.4, -0.2) is 24.6 Å². The molecule has 0 spiro atoms. The van der Waals surface area contributed by atoms with Crippen LogP contribution in [0.4, 0.5) is 11.4 Å². The number of nitrogens with zero attached hydrogens (tertiary/aromatic N) is 3. The van der Waals surface area contributed by atoms with Crippen LogP contribution in [0.25, 0.3) is 0 Å². The third-order valence-corrected chi connectivity index (χ3v) is 3.23. The van der Waals surface area contributed by atoms with E-state index in [1.54, 1.807) is 6.08 Å². The Morgan fingerprint density at radius 1 is 1.12 bits per heavy atom. The number of carbonyl (C=O) groups excluding carboxylic acids is 1. The highest BCUT2D eigenvalue weighted by Crippen LogP contribution is 2.27. The lowest BCUT2D eigenvalue weighted by molar-refractivity contribution is 0.317. The van der Waals surface area contributed by atoms with Gasteiger partial charge in [0.2, 0.25) is 6.08 Å². The molecular formula is C18H18ClN3O2. The molecule has 0 aliphatic heterocycles. The molecule has 0 saturated heterocycles. The minimum atomic E-state index is -0.0942. The predicted molar refractivity (Wildman–Crippen MR) is 94.6 cm³/mol. The average Bonchev–Trinajstić information content (AvgIpc) is 2.60. The molecule has 6 heteroatoms. The maximum Gasteiger partial charge on any atom is 0.234 e. The molecule has 0 N–H and O–H groups in total. The molecule has 0 fully saturated rings. The molecule has 2 aromatic rings. The van der Waals surface area contributed by atoms with Gasteiger partial charge >= 0.3 is 0 Å². The Labute approximate surface area is 146 Å². The van der Waals surface area contributed by atoms with Gasteiger partial charge in [-0.3, -0.25) is 0 Å². The van der Waals surface area contributed by atoms with Gasteiger partial charge in [-0.15, -0.1) is 11.6 Å². The van der Waals surface area contributed by atoms with Gasteiger partial charge in [0, 0.05) is 0 Å². The van der Waals surface area contributed by atoms with E-state index in [1.165, 1.54) is 0 Å². The van der Waals surface area contributed by atoms with Crippen molar-refractivity contribution < 1.29 is 9.53 Å². The van der Waals surface area contributed by atoms with E-state index in [0.717, 1.165) is 11.3 Å². The molecule has 2 aromatic carbocycles. The first-order chi connectivity index (χ1) is 11.7. The van der Waals surface area contributed by atoms with Crippen molar-refractivity contribution in [3.8, 4) is 5.75 Å². The highest BCUT2D eigenvalue weighted by molar-refractivity contribution is 6.20. The van der Waals surface area contributed by atoms with Gasteiger partial charge in [0.15, 0.2) is 0 Å². The smallest absolute Gasteiger partial charge is 0.234 e. The second kappa shape index (κ2) is 9.60. The van der Waals surface area contributed by atoms with E-state index in [4.69, 9.17) is 16.3 Å². The molecule has 0 unspecified atom stereocenters. The van der Waals surface area contributed by atoms with Crippen molar-refractivity contribution in [2.24, 2.45) is 15.2 Å². The van der Waals surface area contributed by atoms with Crippen molar-refractivity contribution >= 4 is 29.1 Å². The van der Waals surface area contributed by atoms with E-state index in [1.807, 2.05) is 55.5 Å². The van der Waals surface area contributed by atoms with Gasteiger partial charge in [-0.1, -0.05) is 18.2 Å². The molecular weight excluding hydrogens is 326 g/mol. The summed E-state index contributed by atoms with van der Waals surface area (Å²) in [6.45, 7) is 2.60. The molecule has 2 rings (SSSR count). The minimum Gasteiger partial charge on any atom is -0.492 e. The van der Waals surface area contributed by atoms with E-state index in [-0.39, 0.29) is 5.38 Å². The second-order valence-electron chi connectivity index (χ2n) is 5.14. The third-order valence-electron chi connectivity index (χ3n) is 3.11. The average molecular weight is 344 g/mol. The predicted octanol–water partition coefficient (Wildman–Crippen LogP) is 4.99. The summed E-state index contributed by atoms with van der Waals surface area (Å²) in [6, 6.07) is 15.0. The van der Waals surface area contributed by atoms with Crippen molar-refractivity contribution in [2.75, 3.05) is 13.2 Å². The van der Waals surface area contributed by atoms with Crippen LogP contribution < -0.4 is 4.74 Å². The quantitative estimate of drug-likeness (QED) is 0.293. The van der Waals surface area contributed by atoms with Crippen LogP contribution >= 0.6 is 11.6 Å². The van der Waals surface area contributed by atoms with Gasteiger partial charge in [0.05, 0.1) is 23.3 Å². The number of alkyl halides is 1. The highest BCUT2D eigenvalue weighted by atomic mass is 35.5. The molecule has 0 aromatic heterocycles. The van der Waals surface area contributed by atoms with Crippen LogP contribution in [0.15, 0.2) is 63.8 Å². The number of azo groups is 1.